The maximum Gasteiger partial charge on any atom is 0.254 e. The lowest BCUT2D eigenvalue weighted by Crippen LogP contribution is -2.33. The zero-order valence-corrected chi connectivity index (χ0v) is 10.7. The van der Waals surface area contributed by atoms with Crippen molar-refractivity contribution >= 4 is 21.8 Å². The van der Waals surface area contributed by atoms with Crippen molar-refractivity contribution in [2.45, 2.75) is 18.9 Å². The topological polar surface area (TPSA) is 49.3 Å². The third-order valence-electron chi connectivity index (χ3n) is 2.81. The highest BCUT2D eigenvalue weighted by Gasteiger charge is 2.29. The van der Waals surface area contributed by atoms with Gasteiger partial charge in [-0.15, -0.1) is 0 Å². The van der Waals surface area contributed by atoms with E-state index in [0.717, 1.165) is 12.8 Å². The third kappa shape index (κ3) is 3.26. The minimum absolute atomic E-state index is 0.0117. The summed E-state index contributed by atoms with van der Waals surface area (Å²) in [7, 11) is 0. The van der Waals surface area contributed by atoms with Crippen molar-refractivity contribution < 1.29 is 14.3 Å². The first kappa shape index (κ1) is 12.5. The summed E-state index contributed by atoms with van der Waals surface area (Å²) in [5.74, 6) is -0.766. The van der Waals surface area contributed by atoms with Crippen molar-refractivity contribution in [3.05, 3.63) is 34.1 Å². The summed E-state index contributed by atoms with van der Waals surface area (Å²) >= 11 is 3.18. The number of amides is 1. The molecular weight excluding hydrogens is 289 g/mol. The first-order valence-corrected chi connectivity index (χ1v) is 6.28. The SMILES string of the molecule is O=C(NCC(O)C1CC1)c1cc(Br)ccc1F. The maximum absolute atomic E-state index is 13.4. The monoisotopic (exact) mass is 301 g/mol. The number of carbonyl (C=O) groups excluding carboxylic acids is 1. The molecule has 1 aromatic rings. The number of aliphatic hydroxyl groups is 1. The van der Waals surface area contributed by atoms with Gasteiger partial charge in [0.15, 0.2) is 0 Å². The molecule has 0 saturated heterocycles. The molecule has 0 bridgehead atoms. The number of hydrogen-bond donors (Lipinski definition) is 2. The second-order valence-corrected chi connectivity index (χ2v) is 5.15. The van der Waals surface area contributed by atoms with Gasteiger partial charge < -0.3 is 10.4 Å². The first-order valence-electron chi connectivity index (χ1n) is 5.49. The summed E-state index contributed by atoms with van der Waals surface area (Å²) in [6, 6.07) is 4.19. The Morgan fingerprint density at radius 3 is 2.94 bits per heavy atom. The van der Waals surface area contributed by atoms with Crippen LogP contribution >= 0.6 is 15.9 Å². The highest BCUT2D eigenvalue weighted by Crippen LogP contribution is 2.32. The quantitative estimate of drug-likeness (QED) is 0.895. The van der Waals surface area contributed by atoms with Gasteiger partial charge in [0.05, 0.1) is 11.7 Å². The predicted molar refractivity (Wildman–Crippen MR) is 65.2 cm³/mol. The van der Waals surface area contributed by atoms with Gasteiger partial charge in [-0.3, -0.25) is 4.79 Å². The second kappa shape index (κ2) is 5.14. The fraction of sp³-hybridized carbons (Fsp3) is 0.417. The predicted octanol–water partition coefficient (Wildman–Crippen LogP) is 2.09. The van der Waals surface area contributed by atoms with Crippen LogP contribution in [-0.2, 0) is 0 Å². The van der Waals surface area contributed by atoms with E-state index in [0.29, 0.717) is 10.4 Å². The van der Waals surface area contributed by atoms with Crippen molar-refractivity contribution in [1.29, 1.82) is 0 Å². The van der Waals surface area contributed by atoms with Gasteiger partial charge in [0.2, 0.25) is 0 Å². The summed E-state index contributed by atoms with van der Waals surface area (Å²) in [4.78, 5) is 11.7. The Balaban J connectivity index is 1.96. The highest BCUT2D eigenvalue weighted by atomic mass is 79.9. The molecule has 2 N–H and O–H groups in total. The van der Waals surface area contributed by atoms with E-state index in [-0.39, 0.29) is 12.1 Å². The zero-order chi connectivity index (χ0) is 12.4. The van der Waals surface area contributed by atoms with Gasteiger partial charge in [0.25, 0.3) is 5.91 Å². The lowest BCUT2D eigenvalue weighted by molar-refractivity contribution is 0.0897. The Morgan fingerprint density at radius 2 is 2.29 bits per heavy atom. The van der Waals surface area contributed by atoms with Crippen LogP contribution in [-0.4, -0.2) is 23.7 Å². The van der Waals surface area contributed by atoms with Crippen LogP contribution in [0.25, 0.3) is 0 Å². The van der Waals surface area contributed by atoms with E-state index >= 15 is 0 Å². The summed E-state index contributed by atoms with van der Waals surface area (Å²) in [6.45, 7) is 0.176. The minimum Gasteiger partial charge on any atom is -0.391 e. The van der Waals surface area contributed by atoms with Crippen LogP contribution in [0.4, 0.5) is 4.39 Å². The van der Waals surface area contributed by atoms with Gasteiger partial charge in [0, 0.05) is 11.0 Å². The number of halogens is 2. The maximum atomic E-state index is 13.4. The fourth-order valence-electron chi connectivity index (χ4n) is 1.61. The van der Waals surface area contributed by atoms with Crippen LogP contribution in [0.5, 0.6) is 0 Å². The van der Waals surface area contributed by atoms with Gasteiger partial charge >= 0.3 is 0 Å². The van der Waals surface area contributed by atoms with Crippen LogP contribution in [0.3, 0.4) is 0 Å². The molecule has 0 heterocycles. The molecule has 1 amide bonds. The van der Waals surface area contributed by atoms with Crippen LogP contribution in [0.15, 0.2) is 22.7 Å². The van der Waals surface area contributed by atoms with Gasteiger partial charge in [0.1, 0.15) is 5.82 Å². The van der Waals surface area contributed by atoms with E-state index in [9.17, 15) is 14.3 Å². The largest absolute Gasteiger partial charge is 0.391 e. The molecule has 1 saturated carbocycles. The van der Waals surface area contributed by atoms with Crippen molar-refractivity contribution in [3.63, 3.8) is 0 Å². The molecule has 0 spiro atoms. The molecule has 5 heteroatoms. The number of nitrogens with one attached hydrogen (secondary N) is 1. The molecule has 0 aliphatic heterocycles. The van der Waals surface area contributed by atoms with Gasteiger partial charge in [-0.25, -0.2) is 4.39 Å². The van der Waals surface area contributed by atoms with E-state index in [2.05, 4.69) is 21.2 Å². The van der Waals surface area contributed by atoms with E-state index < -0.39 is 17.8 Å². The molecule has 1 fully saturated rings. The third-order valence-corrected chi connectivity index (χ3v) is 3.30. The van der Waals surface area contributed by atoms with Crippen LogP contribution in [0.1, 0.15) is 23.2 Å². The smallest absolute Gasteiger partial charge is 0.254 e. The zero-order valence-electron chi connectivity index (χ0n) is 9.12. The van der Waals surface area contributed by atoms with E-state index in [1.165, 1.54) is 18.2 Å². The average molecular weight is 302 g/mol. The lowest BCUT2D eigenvalue weighted by atomic mass is 10.2. The fourth-order valence-corrected chi connectivity index (χ4v) is 1.97. The van der Waals surface area contributed by atoms with Crippen LogP contribution < -0.4 is 5.32 Å². The molecule has 0 aromatic heterocycles. The Bertz CT molecular complexity index is 435. The van der Waals surface area contributed by atoms with E-state index in [1.807, 2.05) is 0 Å². The minimum atomic E-state index is -0.563. The van der Waals surface area contributed by atoms with E-state index in [1.54, 1.807) is 0 Å². The number of benzene rings is 1. The molecular formula is C12H13BrFNO2. The van der Waals surface area contributed by atoms with Crippen molar-refractivity contribution in [2.24, 2.45) is 5.92 Å². The number of aliphatic hydroxyl groups excluding tert-OH is 1. The second-order valence-electron chi connectivity index (χ2n) is 4.24. The standard InChI is InChI=1S/C12H13BrFNO2/c13-8-3-4-10(14)9(5-8)12(17)15-6-11(16)7-1-2-7/h3-5,7,11,16H,1-2,6H2,(H,15,17). The molecule has 1 aliphatic carbocycles. The summed E-state index contributed by atoms with van der Waals surface area (Å²) in [5, 5.41) is 12.1. The molecule has 92 valence electrons. The summed E-state index contributed by atoms with van der Waals surface area (Å²) < 4.78 is 14.0. The van der Waals surface area contributed by atoms with Crippen molar-refractivity contribution in [2.75, 3.05) is 6.54 Å². The Hall–Kier alpha value is -0.940. The van der Waals surface area contributed by atoms with E-state index in [4.69, 9.17) is 0 Å². The highest BCUT2D eigenvalue weighted by molar-refractivity contribution is 9.10. The molecule has 1 unspecified atom stereocenters. The van der Waals surface area contributed by atoms with Gasteiger partial charge in [-0.2, -0.15) is 0 Å². The van der Waals surface area contributed by atoms with Gasteiger partial charge in [-0.05, 0) is 37.0 Å². The average Bonchev–Trinajstić information content (AvgIpc) is 3.12. The van der Waals surface area contributed by atoms with Crippen molar-refractivity contribution in [1.82, 2.24) is 5.32 Å². The normalized spacial score (nSPS) is 16.6. The Kier molecular flexibility index (Phi) is 3.79. The Labute approximate surface area is 107 Å². The lowest BCUT2D eigenvalue weighted by Gasteiger charge is -2.11. The number of rotatable bonds is 4. The summed E-state index contributed by atoms with van der Waals surface area (Å²) in [6.07, 6.45) is 1.49. The van der Waals surface area contributed by atoms with Crippen LogP contribution in [0.2, 0.25) is 0 Å². The number of hydrogen-bond acceptors (Lipinski definition) is 2. The molecule has 17 heavy (non-hydrogen) atoms. The summed E-state index contributed by atoms with van der Waals surface area (Å²) in [5.41, 5.74) is -0.0117. The van der Waals surface area contributed by atoms with Crippen molar-refractivity contribution in [3.8, 4) is 0 Å². The molecule has 1 atom stereocenters. The first-order chi connectivity index (χ1) is 8.08. The molecule has 3 nitrogen and oxygen atoms in total. The van der Waals surface area contributed by atoms with Gasteiger partial charge in [-0.1, -0.05) is 15.9 Å². The molecule has 0 radical (unpaired) electrons. The number of carbonyl (C=O) groups is 1. The van der Waals surface area contributed by atoms with Crippen LogP contribution in [0, 0.1) is 11.7 Å². The molecule has 2 rings (SSSR count). The molecule has 1 aliphatic rings. The molecule has 1 aromatic carbocycles. The Morgan fingerprint density at radius 1 is 1.59 bits per heavy atom.